The van der Waals surface area contributed by atoms with Gasteiger partial charge in [-0.25, -0.2) is 0 Å². The fraction of sp³-hybridized carbons (Fsp3) is 0.188. The number of ketones is 2. The van der Waals surface area contributed by atoms with Crippen LogP contribution in [0, 0.1) is 0 Å². The number of Topliss-reactive ketones (excluding diaryl/α,β-unsaturated/α-hetero) is 1. The molecule has 2 aromatic rings. The van der Waals surface area contributed by atoms with Gasteiger partial charge >= 0.3 is 0 Å². The maximum Gasteiger partial charge on any atom is 0.265 e. The zero-order valence-corrected chi connectivity index (χ0v) is 14.5. The van der Waals surface area contributed by atoms with Crippen molar-refractivity contribution in [3.05, 3.63) is 57.8 Å². The Morgan fingerprint density at radius 3 is 2.24 bits per heavy atom. The van der Waals surface area contributed by atoms with E-state index in [1.165, 1.54) is 35.6 Å². The maximum atomic E-state index is 12.2. The average Bonchev–Trinajstić information content (AvgIpc) is 3.06. The first-order chi connectivity index (χ1) is 11.7. The Morgan fingerprint density at radius 2 is 1.76 bits per heavy atom. The molecule has 0 aliphatic rings. The second-order valence-electron chi connectivity index (χ2n) is 5.27. The highest BCUT2D eigenvalue weighted by atomic mass is 32.2. The van der Waals surface area contributed by atoms with Gasteiger partial charge in [0.25, 0.3) is 10.1 Å². The lowest BCUT2D eigenvalue weighted by Gasteiger charge is -2.13. The summed E-state index contributed by atoms with van der Waals surface area (Å²) in [6, 6.07) is 9.26. The molecule has 0 aliphatic heterocycles. The Balaban J connectivity index is 2.20. The third kappa shape index (κ3) is 5.05. The Kier molecular flexibility index (Phi) is 5.83. The molecule has 7 nitrogen and oxygen atoms in total. The average molecular weight is 381 g/mol. The van der Waals surface area contributed by atoms with Crippen LogP contribution in [0.1, 0.15) is 33.1 Å². The topological polar surface area (TPSA) is 132 Å². The maximum absolute atomic E-state index is 12.2. The van der Waals surface area contributed by atoms with Gasteiger partial charge in [0.2, 0.25) is 11.7 Å². The molecule has 1 unspecified atom stereocenters. The van der Waals surface area contributed by atoms with Gasteiger partial charge in [-0.15, -0.1) is 11.3 Å². The van der Waals surface area contributed by atoms with Crippen molar-refractivity contribution < 1.29 is 27.4 Å². The van der Waals surface area contributed by atoms with Gasteiger partial charge in [-0.3, -0.25) is 18.9 Å². The van der Waals surface area contributed by atoms with Crippen molar-refractivity contribution in [1.29, 1.82) is 0 Å². The molecule has 1 aromatic heterocycles. The van der Waals surface area contributed by atoms with Crippen LogP contribution in [0.4, 0.5) is 0 Å². The summed E-state index contributed by atoms with van der Waals surface area (Å²) >= 11 is 1.30. The van der Waals surface area contributed by atoms with Crippen molar-refractivity contribution in [2.75, 3.05) is 5.75 Å². The molecular formula is C16H15NO6S2. The number of nitrogens with two attached hydrogens (primary N) is 1. The highest BCUT2D eigenvalue weighted by molar-refractivity contribution is 7.85. The molecule has 1 heterocycles. The van der Waals surface area contributed by atoms with E-state index in [-0.39, 0.29) is 11.3 Å². The van der Waals surface area contributed by atoms with Crippen LogP contribution in [-0.4, -0.2) is 36.2 Å². The van der Waals surface area contributed by atoms with Gasteiger partial charge in [0.15, 0.2) is 5.78 Å². The molecule has 25 heavy (non-hydrogen) atoms. The number of carbonyl (C=O) groups is 3. The fourth-order valence-electron chi connectivity index (χ4n) is 2.26. The van der Waals surface area contributed by atoms with Crippen LogP contribution in [0.3, 0.4) is 0 Å². The lowest BCUT2D eigenvalue weighted by Crippen LogP contribution is -2.29. The van der Waals surface area contributed by atoms with E-state index < -0.39 is 39.9 Å². The summed E-state index contributed by atoms with van der Waals surface area (Å²) in [7, 11) is -4.32. The molecule has 0 fully saturated rings. The third-order valence-corrected chi connectivity index (χ3v) is 5.05. The summed E-state index contributed by atoms with van der Waals surface area (Å²) < 4.78 is 30.2. The third-order valence-electron chi connectivity index (χ3n) is 3.46. The lowest BCUT2D eigenvalue weighted by molar-refractivity contribution is -0.128. The standard InChI is InChI=1S/C16H15NO6S2/c17-16(20)14(12(18)7-9-25(21,22)23)10-3-5-11(6-4-10)15(19)13-2-1-8-24-13/h1-6,8,14H,7,9H2,(H2,17,20)(H,21,22,23). The first kappa shape index (κ1) is 19.0. The number of benzene rings is 1. The van der Waals surface area contributed by atoms with E-state index in [0.29, 0.717) is 10.4 Å². The number of carbonyl (C=O) groups excluding carboxylic acids is 3. The van der Waals surface area contributed by atoms with Crippen LogP contribution in [-0.2, 0) is 19.7 Å². The zero-order valence-electron chi connectivity index (χ0n) is 12.9. The van der Waals surface area contributed by atoms with Crippen LogP contribution in [0.2, 0.25) is 0 Å². The molecule has 0 spiro atoms. The monoisotopic (exact) mass is 381 g/mol. The SMILES string of the molecule is NC(=O)C(C(=O)CCS(=O)(=O)O)c1ccc(C(=O)c2cccs2)cc1. The van der Waals surface area contributed by atoms with E-state index >= 15 is 0 Å². The van der Waals surface area contributed by atoms with Crippen molar-refractivity contribution in [3.63, 3.8) is 0 Å². The van der Waals surface area contributed by atoms with Crippen LogP contribution >= 0.6 is 11.3 Å². The quantitative estimate of drug-likeness (QED) is 0.403. The molecule has 132 valence electrons. The largest absolute Gasteiger partial charge is 0.369 e. The van der Waals surface area contributed by atoms with E-state index in [2.05, 4.69) is 0 Å². The summed E-state index contributed by atoms with van der Waals surface area (Å²) in [5.41, 5.74) is 5.90. The predicted octanol–water partition coefficient (Wildman–Crippen LogP) is 1.40. The number of primary amides is 1. The normalized spacial score (nSPS) is 12.5. The molecule has 0 aliphatic carbocycles. The van der Waals surface area contributed by atoms with Gasteiger partial charge in [-0.2, -0.15) is 8.42 Å². The lowest BCUT2D eigenvalue weighted by atomic mass is 9.91. The van der Waals surface area contributed by atoms with Crippen molar-refractivity contribution in [2.24, 2.45) is 5.73 Å². The minimum absolute atomic E-state index is 0.185. The van der Waals surface area contributed by atoms with Gasteiger partial charge in [0.1, 0.15) is 5.92 Å². The summed E-state index contributed by atoms with van der Waals surface area (Å²) in [6.07, 6.45) is -0.539. The number of hydrogen-bond donors (Lipinski definition) is 2. The highest BCUT2D eigenvalue weighted by Gasteiger charge is 2.27. The highest BCUT2D eigenvalue weighted by Crippen LogP contribution is 2.21. The van der Waals surface area contributed by atoms with Gasteiger partial charge in [-0.1, -0.05) is 30.3 Å². The molecule has 9 heteroatoms. The minimum Gasteiger partial charge on any atom is -0.369 e. The summed E-state index contributed by atoms with van der Waals surface area (Å²) in [5.74, 6) is -3.97. The fourth-order valence-corrected chi connectivity index (χ4v) is 3.40. The number of amides is 1. The van der Waals surface area contributed by atoms with Gasteiger partial charge in [0, 0.05) is 12.0 Å². The van der Waals surface area contributed by atoms with Crippen LogP contribution < -0.4 is 5.73 Å². The van der Waals surface area contributed by atoms with E-state index in [4.69, 9.17) is 10.3 Å². The number of hydrogen-bond acceptors (Lipinski definition) is 6. The molecular weight excluding hydrogens is 366 g/mol. The van der Waals surface area contributed by atoms with Gasteiger partial charge in [0.05, 0.1) is 10.6 Å². The van der Waals surface area contributed by atoms with Gasteiger partial charge in [-0.05, 0) is 17.0 Å². The first-order valence-corrected chi connectivity index (χ1v) is 9.63. The van der Waals surface area contributed by atoms with Crippen LogP contribution in [0.25, 0.3) is 0 Å². The Labute approximate surface area is 148 Å². The molecule has 2 rings (SSSR count). The molecule has 0 bridgehead atoms. The van der Waals surface area contributed by atoms with E-state index in [9.17, 15) is 22.8 Å². The Bertz CT molecular complexity index is 885. The van der Waals surface area contributed by atoms with Crippen molar-refractivity contribution in [2.45, 2.75) is 12.3 Å². The van der Waals surface area contributed by atoms with E-state index in [1.807, 2.05) is 0 Å². The molecule has 0 saturated carbocycles. The first-order valence-electron chi connectivity index (χ1n) is 7.14. The van der Waals surface area contributed by atoms with Crippen molar-refractivity contribution >= 4 is 38.9 Å². The molecule has 1 aromatic carbocycles. The Morgan fingerprint density at radius 1 is 1.12 bits per heavy atom. The second-order valence-corrected chi connectivity index (χ2v) is 7.79. The van der Waals surface area contributed by atoms with E-state index in [0.717, 1.165) is 0 Å². The van der Waals surface area contributed by atoms with Crippen LogP contribution in [0.5, 0.6) is 0 Å². The van der Waals surface area contributed by atoms with Crippen molar-refractivity contribution in [1.82, 2.24) is 0 Å². The number of rotatable bonds is 8. The summed E-state index contributed by atoms with van der Waals surface area (Å²) in [4.78, 5) is 36.5. The number of thiophene rings is 1. The van der Waals surface area contributed by atoms with Crippen LogP contribution in [0.15, 0.2) is 41.8 Å². The summed E-state index contributed by atoms with van der Waals surface area (Å²) in [5, 5.41) is 1.78. The Hall–Kier alpha value is -2.36. The zero-order chi connectivity index (χ0) is 18.6. The molecule has 3 N–H and O–H groups in total. The predicted molar refractivity (Wildman–Crippen MR) is 92.2 cm³/mol. The van der Waals surface area contributed by atoms with Crippen molar-refractivity contribution in [3.8, 4) is 0 Å². The van der Waals surface area contributed by atoms with Gasteiger partial charge < -0.3 is 5.73 Å². The molecule has 0 radical (unpaired) electrons. The second kappa shape index (κ2) is 7.68. The molecule has 1 atom stereocenters. The molecule has 1 amide bonds. The van der Waals surface area contributed by atoms with E-state index in [1.54, 1.807) is 17.5 Å². The minimum atomic E-state index is -4.32. The molecule has 0 saturated heterocycles. The summed E-state index contributed by atoms with van der Waals surface area (Å²) in [6.45, 7) is 0. The smallest absolute Gasteiger partial charge is 0.265 e.